The first kappa shape index (κ1) is 11.2. The van der Waals surface area contributed by atoms with Crippen molar-refractivity contribution >= 4 is 11.6 Å². The van der Waals surface area contributed by atoms with Gasteiger partial charge in [-0.1, -0.05) is 19.1 Å². The van der Waals surface area contributed by atoms with Gasteiger partial charge in [-0.25, -0.2) is 4.98 Å². The lowest BCUT2D eigenvalue weighted by molar-refractivity contribution is 0.809. The van der Waals surface area contributed by atoms with Gasteiger partial charge in [-0.3, -0.25) is 0 Å². The van der Waals surface area contributed by atoms with E-state index < -0.39 is 0 Å². The summed E-state index contributed by atoms with van der Waals surface area (Å²) < 4.78 is 2.13. The molecule has 0 bridgehead atoms. The third kappa shape index (κ3) is 2.27. The maximum Gasteiger partial charge on any atom is 0.113 e. The van der Waals surface area contributed by atoms with Crippen molar-refractivity contribution in [1.82, 2.24) is 9.55 Å². The highest BCUT2D eigenvalue weighted by molar-refractivity contribution is 6.17. The smallest absolute Gasteiger partial charge is 0.113 e. The molecule has 1 aromatic heterocycles. The van der Waals surface area contributed by atoms with Crippen molar-refractivity contribution in [2.75, 3.05) is 0 Å². The molecule has 0 saturated carbocycles. The number of rotatable bonds is 4. The van der Waals surface area contributed by atoms with Crippen LogP contribution < -0.4 is 0 Å². The van der Waals surface area contributed by atoms with E-state index in [0.717, 1.165) is 29.9 Å². The molecule has 2 nitrogen and oxygen atoms in total. The van der Waals surface area contributed by atoms with Gasteiger partial charge < -0.3 is 4.57 Å². The van der Waals surface area contributed by atoms with E-state index in [9.17, 15) is 0 Å². The Bertz CT molecular complexity index is 445. The van der Waals surface area contributed by atoms with Crippen molar-refractivity contribution in [2.24, 2.45) is 0 Å². The van der Waals surface area contributed by atoms with E-state index in [1.807, 2.05) is 12.4 Å². The Morgan fingerprint density at radius 2 is 2.00 bits per heavy atom. The summed E-state index contributed by atoms with van der Waals surface area (Å²) >= 11 is 5.77. The third-order valence-corrected chi connectivity index (χ3v) is 2.87. The molecule has 0 aliphatic carbocycles. The number of hydrogen-bond acceptors (Lipinski definition) is 1. The summed E-state index contributed by atoms with van der Waals surface area (Å²) in [6, 6.07) is 8.27. The van der Waals surface area contributed by atoms with Gasteiger partial charge in [0.1, 0.15) is 5.82 Å². The molecule has 0 amide bonds. The Morgan fingerprint density at radius 3 is 2.62 bits per heavy atom. The zero-order valence-electron chi connectivity index (χ0n) is 9.36. The van der Waals surface area contributed by atoms with Gasteiger partial charge in [0.05, 0.1) is 0 Å². The maximum atomic E-state index is 5.77. The number of hydrogen-bond donors (Lipinski definition) is 0. The summed E-state index contributed by atoms with van der Waals surface area (Å²) in [6.45, 7) is 2.16. The number of aryl methyl sites for hydroxylation is 1. The van der Waals surface area contributed by atoms with E-state index in [1.165, 1.54) is 0 Å². The van der Waals surface area contributed by atoms with Crippen LogP contribution in [-0.2, 0) is 12.3 Å². The average molecular weight is 235 g/mol. The lowest BCUT2D eigenvalue weighted by atomic mass is 10.2. The highest BCUT2D eigenvalue weighted by atomic mass is 35.5. The summed E-state index contributed by atoms with van der Waals surface area (Å²) in [5, 5.41) is 0. The standard InChI is InChI=1S/C13H15ClN2/c1-2-3-13-15-8-9-16(13)12-6-4-11(10-14)5-7-12/h4-9H,2-3,10H2,1H3. The van der Waals surface area contributed by atoms with Gasteiger partial charge in [0.2, 0.25) is 0 Å². The zero-order valence-corrected chi connectivity index (χ0v) is 10.1. The minimum absolute atomic E-state index is 0.562. The maximum absolute atomic E-state index is 5.77. The molecule has 84 valence electrons. The number of aromatic nitrogens is 2. The molecule has 0 aliphatic heterocycles. The van der Waals surface area contributed by atoms with Crippen LogP contribution in [0.25, 0.3) is 5.69 Å². The predicted octanol–water partition coefficient (Wildman–Crippen LogP) is 3.56. The normalized spacial score (nSPS) is 10.6. The summed E-state index contributed by atoms with van der Waals surface area (Å²) in [4.78, 5) is 4.36. The number of imidazole rings is 1. The van der Waals surface area contributed by atoms with Gasteiger partial charge in [-0.2, -0.15) is 0 Å². The van der Waals surface area contributed by atoms with Crippen LogP contribution in [0.4, 0.5) is 0 Å². The molecule has 0 radical (unpaired) electrons. The highest BCUT2D eigenvalue weighted by Gasteiger charge is 2.03. The molecule has 1 aromatic carbocycles. The van der Waals surface area contributed by atoms with Crippen molar-refractivity contribution in [3.63, 3.8) is 0 Å². The fourth-order valence-electron chi connectivity index (χ4n) is 1.72. The molecule has 0 saturated heterocycles. The molecule has 16 heavy (non-hydrogen) atoms. The highest BCUT2D eigenvalue weighted by Crippen LogP contribution is 2.14. The van der Waals surface area contributed by atoms with Crippen LogP contribution in [0.3, 0.4) is 0 Å². The van der Waals surface area contributed by atoms with Crippen LogP contribution in [-0.4, -0.2) is 9.55 Å². The molecule has 0 fully saturated rings. The molecule has 1 heterocycles. The number of benzene rings is 1. The molecule has 2 rings (SSSR count). The number of nitrogens with zero attached hydrogens (tertiary/aromatic N) is 2. The summed E-state index contributed by atoms with van der Waals surface area (Å²) in [6.07, 6.45) is 5.96. The molecule has 0 aliphatic rings. The van der Waals surface area contributed by atoms with E-state index in [4.69, 9.17) is 11.6 Å². The van der Waals surface area contributed by atoms with Crippen LogP contribution in [0.5, 0.6) is 0 Å². The Morgan fingerprint density at radius 1 is 1.25 bits per heavy atom. The lowest BCUT2D eigenvalue weighted by Gasteiger charge is -2.07. The Kier molecular flexibility index (Phi) is 3.62. The first-order chi connectivity index (χ1) is 7.85. The van der Waals surface area contributed by atoms with E-state index in [1.54, 1.807) is 0 Å². The van der Waals surface area contributed by atoms with Crippen LogP contribution in [0.15, 0.2) is 36.7 Å². The van der Waals surface area contributed by atoms with Crippen LogP contribution >= 0.6 is 11.6 Å². The van der Waals surface area contributed by atoms with Gasteiger partial charge >= 0.3 is 0 Å². The fraction of sp³-hybridized carbons (Fsp3) is 0.308. The molecule has 2 aromatic rings. The molecule has 3 heteroatoms. The van der Waals surface area contributed by atoms with Gasteiger partial charge in [0.15, 0.2) is 0 Å². The van der Waals surface area contributed by atoms with Crippen molar-refractivity contribution in [3.05, 3.63) is 48.0 Å². The van der Waals surface area contributed by atoms with Crippen molar-refractivity contribution in [2.45, 2.75) is 25.6 Å². The summed E-state index contributed by atoms with van der Waals surface area (Å²) in [5.41, 5.74) is 2.29. The third-order valence-electron chi connectivity index (χ3n) is 2.56. The summed E-state index contributed by atoms with van der Waals surface area (Å²) in [7, 11) is 0. The SMILES string of the molecule is CCCc1nccn1-c1ccc(CCl)cc1. The van der Waals surface area contributed by atoms with E-state index in [0.29, 0.717) is 5.88 Å². The quantitative estimate of drug-likeness (QED) is 0.740. The van der Waals surface area contributed by atoms with Crippen LogP contribution in [0.2, 0.25) is 0 Å². The van der Waals surface area contributed by atoms with Gasteiger partial charge in [-0.05, 0) is 24.1 Å². The van der Waals surface area contributed by atoms with E-state index in [2.05, 4.69) is 40.7 Å². The Balaban J connectivity index is 2.31. The lowest BCUT2D eigenvalue weighted by Crippen LogP contribution is -2.00. The number of halogens is 1. The van der Waals surface area contributed by atoms with Crippen molar-refractivity contribution < 1.29 is 0 Å². The molecule has 0 N–H and O–H groups in total. The van der Waals surface area contributed by atoms with E-state index >= 15 is 0 Å². The second-order valence-corrected chi connectivity index (χ2v) is 4.03. The van der Waals surface area contributed by atoms with Gasteiger partial charge in [0.25, 0.3) is 0 Å². The number of alkyl halides is 1. The average Bonchev–Trinajstić information content (AvgIpc) is 2.78. The monoisotopic (exact) mass is 234 g/mol. The first-order valence-electron chi connectivity index (χ1n) is 5.52. The van der Waals surface area contributed by atoms with E-state index in [-0.39, 0.29) is 0 Å². The second kappa shape index (κ2) is 5.17. The Labute approximate surface area is 101 Å². The molecule has 0 spiro atoms. The first-order valence-corrected chi connectivity index (χ1v) is 6.06. The van der Waals surface area contributed by atoms with Crippen LogP contribution in [0.1, 0.15) is 24.7 Å². The topological polar surface area (TPSA) is 17.8 Å². The molecule has 0 atom stereocenters. The molecular weight excluding hydrogens is 220 g/mol. The Hall–Kier alpha value is -1.28. The molecular formula is C13H15ClN2. The van der Waals surface area contributed by atoms with Crippen molar-refractivity contribution in [1.29, 1.82) is 0 Å². The zero-order chi connectivity index (χ0) is 11.4. The van der Waals surface area contributed by atoms with Crippen molar-refractivity contribution in [3.8, 4) is 5.69 Å². The largest absolute Gasteiger partial charge is 0.304 e. The van der Waals surface area contributed by atoms with Gasteiger partial charge in [-0.15, -0.1) is 11.6 Å². The minimum atomic E-state index is 0.562. The minimum Gasteiger partial charge on any atom is -0.304 e. The molecule has 0 unspecified atom stereocenters. The van der Waals surface area contributed by atoms with Gasteiger partial charge in [0, 0.05) is 30.4 Å². The fourth-order valence-corrected chi connectivity index (χ4v) is 1.90. The predicted molar refractivity (Wildman–Crippen MR) is 67.1 cm³/mol. The summed E-state index contributed by atoms with van der Waals surface area (Å²) in [5.74, 6) is 1.67. The second-order valence-electron chi connectivity index (χ2n) is 3.76. The van der Waals surface area contributed by atoms with Crippen LogP contribution in [0, 0.1) is 0 Å².